The van der Waals surface area contributed by atoms with Crippen molar-refractivity contribution in [3.8, 4) is 17.2 Å². The Kier molecular flexibility index (Phi) is 3.16. The van der Waals surface area contributed by atoms with Crippen molar-refractivity contribution in [2.45, 2.75) is 0 Å². The normalized spacial score (nSPS) is 12.8. The summed E-state index contributed by atoms with van der Waals surface area (Å²) < 4.78 is 10.9. The van der Waals surface area contributed by atoms with Crippen molar-refractivity contribution >= 4 is 11.6 Å². The smallest absolute Gasteiger partial charge is 0.259 e. The second-order valence-electron chi connectivity index (χ2n) is 4.33. The molecule has 102 valence electrons. The summed E-state index contributed by atoms with van der Waals surface area (Å²) in [6.07, 6.45) is 0. The molecule has 0 saturated carbocycles. The standard InChI is InChI=1S/C15H13NO4/c17-11-4-1-3-10(9-11)16-15(18)12-5-2-6-13-14(12)20-8-7-19-13/h1-6,9,17H,7-8H2,(H,16,18). The van der Waals surface area contributed by atoms with Gasteiger partial charge in [-0.15, -0.1) is 0 Å². The monoisotopic (exact) mass is 271 g/mol. The Hall–Kier alpha value is -2.69. The first-order valence-corrected chi connectivity index (χ1v) is 6.23. The molecule has 0 atom stereocenters. The van der Waals surface area contributed by atoms with Crippen LogP contribution < -0.4 is 14.8 Å². The van der Waals surface area contributed by atoms with E-state index in [1.54, 1.807) is 30.3 Å². The summed E-state index contributed by atoms with van der Waals surface area (Å²) in [7, 11) is 0. The number of nitrogens with one attached hydrogen (secondary N) is 1. The van der Waals surface area contributed by atoms with Gasteiger partial charge in [0.05, 0.1) is 5.56 Å². The Morgan fingerprint density at radius 3 is 2.75 bits per heavy atom. The number of carbonyl (C=O) groups is 1. The molecular weight excluding hydrogens is 258 g/mol. The first-order chi connectivity index (χ1) is 9.74. The maximum absolute atomic E-state index is 12.3. The molecule has 20 heavy (non-hydrogen) atoms. The molecule has 1 aliphatic heterocycles. The number of ether oxygens (including phenoxy) is 2. The van der Waals surface area contributed by atoms with E-state index in [1.807, 2.05) is 0 Å². The van der Waals surface area contributed by atoms with Gasteiger partial charge in [-0.05, 0) is 24.3 Å². The van der Waals surface area contributed by atoms with Gasteiger partial charge in [0.15, 0.2) is 11.5 Å². The Morgan fingerprint density at radius 2 is 1.90 bits per heavy atom. The molecule has 5 heteroatoms. The van der Waals surface area contributed by atoms with Gasteiger partial charge in [-0.25, -0.2) is 0 Å². The van der Waals surface area contributed by atoms with E-state index >= 15 is 0 Å². The lowest BCUT2D eigenvalue weighted by Crippen LogP contribution is -2.20. The molecule has 1 aliphatic rings. The van der Waals surface area contributed by atoms with Crippen LogP contribution in [0.2, 0.25) is 0 Å². The number of hydrogen-bond acceptors (Lipinski definition) is 4. The lowest BCUT2D eigenvalue weighted by Gasteiger charge is -2.20. The van der Waals surface area contributed by atoms with E-state index in [1.165, 1.54) is 12.1 Å². The van der Waals surface area contributed by atoms with Crippen molar-refractivity contribution < 1.29 is 19.4 Å². The Bertz CT molecular complexity index is 654. The number of phenols is 1. The SMILES string of the molecule is O=C(Nc1cccc(O)c1)c1cccc2c1OCCO2. The molecule has 0 bridgehead atoms. The van der Waals surface area contributed by atoms with E-state index < -0.39 is 0 Å². The molecule has 2 aromatic rings. The molecule has 2 aromatic carbocycles. The lowest BCUT2D eigenvalue weighted by atomic mass is 10.1. The number of carbonyl (C=O) groups excluding carboxylic acids is 1. The van der Waals surface area contributed by atoms with Crippen LogP contribution in [0.1, 0.15) is 10.4 Å². The van der Waals surface area contributed by atoms with Crippen LogP contribution in [0, 0.1) is 0 Å². The van der Waals surface area contributed by atoms with Gasteiger partial charge in [0, 0.05) is 11.8 Å². The third kappa shape index (κ3) is 2.38. The van der Waals surface area contributed by atoms with E-state index in [0.29, 0.717) is 36.0 Å². The maximum atomic E-state index is 12.3. The first-order valence-electron chi connectivity index (χ1n) is 6.23. The highest BCUT2D eigenvalue weighted by atomic mass is 16.6. The number of para-hydroxylation sites is 1. The maximum Gasteiger partial charge on any atom is 0.259 e. The number of hydrogen-bond donors (Lipinski definition) is 2. The molecule has 1 heterocycles. The fourth-order valence-corrected chi connectivity index (χ4v) is 2.03. The van der Waals surface area contributed by atoms with E-state index in [-0.39, 0.29) is 11.7 Å². The highest BCUT2D eigenvalue weighted by Gasteiger charge is 2.20. The lowest BCUT2D eigenvalue weighted by molar-refractivity contribution is 0.101. The van der Waals surface area contributed by atoms with Crippen LogP contribution in [0.3, 0.4) is 0 Å². The van der Waals surface area contributed by atoms with Crippen molar-refractivity contribution in [2.75, 3.05) is 18.5 Å². The molecule has 1 amide bonds. The van der Waals surface area contributed by atoms with Crippen molar-refractivity contribution in [2.24, 2.45) is 0 Å². The zero-order chi connectivity index (χ0) is 13.9. The van der Waals surface area contributed by atoms with Gasteiger partial charge in [0.1, 0.15) is 19.0 Å². The van der Waals surface area contributed by atoms with Crippen LogP contribution in [-0.4, -0.2) is 24.2 Å². The number of rotatable bonds is 2. The van der Waals surface area contributed by atoms with Crippen LogP contribution in [0.15, 0.2) is 42.5 Å². The van der Waals surface area contributed by atoms with E-state index in [4.69, 9.17) is 9.47 Å². The summed E-state index contributed by atoms with van der Waals surface area (Å²) in [6, 6.07) is 11.5. The molecule has 2 N–H and O–H groups in total. The minimum absolute atomic E-state index is 0.0949. The molecule has 0 saturated heterocycles. The molecule has 0 aromatic heterocycles. The minimum atomic E-state index is -0.307. The number of anilines is 1. The Balaban J connectivity index is 1.88. The van der Waals surface area contributed by atoms with E-state index in [9.17, 15) is 9.90 Å². The van der Waals surface area contributed by atoms with Gasteiger partial charge in [-0.2, -0.15) is 0 Å². The van der Waals surface area contributed by atoms with Gasteiger partial charge in [0.2, 0.25) is 0 Å². The highest BCUT2D eigenvalue weighted by molar-refractivity contribution is 6.06. The highest BCUT2D eigenvalue weighted by Crippen LogP contribution is 2.34. The van der Waals surface area contributed by atoms with E-state index in [2.05, 4.69) is 5.32 Å². The van der Waals surface area contributed by atoms with Crippen molar-refractivity contribution in [3.05, 3.63) is 48.0 Å². The quantitative estimate of drug-likeness (QED) is 0.880. The van der Waals surface area contributed by atoms with Crippen LogP contribution >= 0.6 is 0 Å². The molecule has 0 unspecified atom stereocenters. The molecular formula is C15H13NO4. The molecule has 0 spiro atoms. The second-order valence-corrected chi connectivity index (χ2v) is 4.33. The van der Waals surface area contributed by atoms with Gasteiger partial charge >= 0.3 is 0 Å². The zero-order valence-corrected chi connectivity index (χ0v) is 10.6. The topological polar surface area (TPSA) is 67.8 Å². The molecule has 5 nitrogen and oxygen atoms in total. The van der Waals surface area contributed by atoms with E-state index in [0.717, 1.165) is 0 Å². The third-order valence-electron chi connectivity index (χ3n) is 2.91. The average molecular weight is 271 g/mol. The molecule has 3 rings (SSSR count). The van der Waals surface area contributed by atoms with Gasteiger partial charge in [-0.1, -0.05) is 12.1 Å². The van der Waals surface area contributed by atoms with Crippen LogP contribution in [0.5, 0.6) is 17.2 Å². The summed E-state index contributed by atoms with van der Waals surface area (Å²) in [5.74, 6) is 0.812. The average Bonchev–Trinajstić information content (AvgIpc) is 2.46. The zero-order valence-electron chi connectivity index (χ0n) is 10.6. The summed E-state index contributed by atoms with van der Waals surface area (Å²) in [4.78, 5) is 12.3. The van der Waals surface area contributed by atoms with Crippen LogP contribution in [0.25, 0.3) is 0 Å². The predicted octanol–water partition coefficient (Wildman–Crippen LogP) is 2.42. The van der Waals surface area contributed by atoms with Gasteiger partial charge in [-0.3, -0.25) is 4.79 Å². The molecule has 0 radical (unpaired) electrons. The second kappa shape index (κ2) is 5.13. The minimum Gasteiger partial charge on any atom is -0.508 e. The van der Waals surface area contributed by atoms with Crippen molar-refractivity contribution in [3.63, 3.8) is 0 Å². The summed E-state index contributed by atoms with van der Waals surface area (Å²) in [5, 5.41) is 12.1. The first kappa shape index (κ1) is 12.3. The third-order valence-corrected chi connectivity index (χ3v) is 2.91. The van der Waals surface area contributed by atoms with Crippen LogP contribution in [0.4, 0.5) is 5.69 Å². The largest absolute Gasteiger partial charge is 0.508 e. The van der Waals surface area contributed by atoms with Crippen LogP contribution in [-0.2, 0) is 0 Å². The summed E-state index contributed by atoms with van der Waals surface area (Å²) >= 11 is 0. The van der Waals surface area contributed by atoms with Crippen molar-refractivity contribution in [1.29, 1.82) is 0 Å². The molecule has 0 aliphatic carbocycles. The van der Waals surface area contributed by atoms with Gasteiger partial charge in [0.25, 0.3) is 5.91 Å². The predicted molar refractivity (Wildman–Crippen MR) is 73.5 cm³/mol. The fourth-order valence-electron chi connectivity index (χ4n) is 2.03. The molecule has 0 fully saturated rings. The number of benzene rings is 2. The summed E-state index contributed by atoms with van der Waals surface area (Å²) in [5.41, 5.74) is 0.926. The van der Waals surface area contributed by atoms with Crippen molar-refractivity contribution in [1.82, 2.24) is 0 Å². The number of fused-ring (bicyclic) bond motifs is 1. The fraction of sp³-hybridized carbons (Fsp3) is 0.133. The Morgan fingerprint density at radius 1 is 1.10 bits per heavy atom. The number of amides is 1. The Labute approximate surface area is 115 Å². The number of phenolic OH excluding ortho intramolecular Hbond substituents is 1. The van der Waals surface area contributed by atoms with Gasteiger partial charge < -0.3 is 19.9 Å². The number of aromatic hydroxyl groups is 1. The summed E-state index contributed by atoms with van der Waals surface area (Å²) in [6.45, 7) is 0.897.